The minimum atomic E-state index is -0.473. The predicted molar refractivity (Wildman–Crippen MR) is 136 cm³/mol. The molecule has 0 spiro atoms. The van der Waals surface area contributed by atoms with Crippen molar-refractivity contribution in [2.45, 2.75) is 31.7 Å². The summed E-state index contributed by atoms with van der Waals surface area (Å²) in [6, 6.07) is 8.37. The lowest BCUT2D eigenvalue weighted by atomic mass is 10.0. The van der Waals surface area contributed by atoms with E-state index in [1.807, 2.05) is 0 Å². The Morgan fingerprint density at radius 3 is 2.53 bits per heavy atom. The van der Waals surface area contributed by atoms with E-state index in [9.17, 15) is 9.59 Å². The Kier molecular flexibility index (Phi) is 6.97. The summed E-state index contributed by atoms with van der Waals surface area (Å²) in [5.74, 6) is -0.479. The SMILES string of the molecule is COc1ccc(C(=O)Nc2c(Cl)cncc2Cl)c2c1oc1ccc(C(=O)NONC3CCCC3)cc12. The first-order valence-electron chi connectivity index (χ1n) is 11.3. The molecule has 3 N–H and O–H groups in total. The standard InChI is InChI=1S/C25H22Cl2N4O5/c1-34-20-9-7-15(25(33)29-22-17(26)11-28-12-18(22)27)21-16-10-13(6-8-19(16)35-23(20)21)24(32)31-36-30-14-4-2-3-5-14/h6-12,14,30H,2-5H2,1H3,(H,31,32)(H,28,29,33). The van der Waals surface area contributed by atoms with Gasteiger partial charge in [-0.15, -0.1) is 0 Å². The van der Waals surface area contributed by atoms with Crippen molar-refractivity contribution < 1.29 is 23.7 Å². The van der Waals surface area contributed by atoms with Gasteiger partial charge in [-0.2, -0.15) is 10.4 Å². The summed E-state index contributed by atoms with van der Waals surface area (Å²) in [6.45, 7) is 0. The highest BCUT2D eigenvalue weighted by atomic mass is 35.5. The number of methoxy groups -OCH3 is 1. The number of ether oxygens (including phenoxy) is 1. The number of furan rings is 1. The van der Waals surface area contributed by atoms with Crippen LogP contribution >= 0.6 is 23.2 Å². The molecule has 1 fully saturated rings. The van der Waals surface area contributed by atoms with E-state index >= 15 is 0 Å². The van der Waals surface area contributed by atoms with Gasteiger partial charge in [-0.1, -0.05) is 36.0 Å². The highest BCUT2D eigenvalue weighted by molar-refractivity contribution is 6.40. The average molecular weight is 529 g/mol. The summed E-state index contributed by atoms with van der Waals surface area (Å²) in [4.78, 5) is 35.2. The van der Waals surface area contributed by atoms with Gasteiger partial charge in [0.1, 0.15) is 5.58 Å². The molecule has 0 aliphatic heterocycles. The first-order chi connectivity index (χ1) is 17.5. The number of nitrogens with zero attached hydrogens (tertiary/aromatic N) is 1. The molecule has 9 nitrogen and oxygen atoms in total. The second-order valence-corrected chi connectivity index (χ2v) is 9.21. The largest absolute Gasteiger partial charge is 0.493 e. The molecule has 2 aromatic carbocycles. The van der Waals surface area contributed by atoms with Crippen molar-refractivity contribution in [2.75, 3.05) is 12.4 Å². The minimum Gasteiger partial charge on any atom is -0.493 e. The Balaban J connectivity index is 1.50. The minimum absolute atomic E-state index is 0.197. The quantitative estimate of drug-likeness (QED) is 0.265. The first kappa shape index (κ1) is 24.3. The maximum absolute atomic E-state index is 13.3. The van der Waals surface area contributed by atoms with Crippen LogP contribution in [0.25, 0.3) is 21.9 Å². The van der Waals surface area contributed by atoms with E-state index in [0.29, 0.717) is 33.3 Å². The number of anilines is 1. The second-order valence-electron chi connectivity index (χ2n) is 8.40. The molecular weight excluding hydrogens is 507 g/mol. The second kappa shape index (κ2) is 10.3. The van der Waals surface area contributed by atoms with Gasteiger partial charge in [0.15, 0.2) is 11.3 Å². The van der Waals surface area contributed by atoms with Gasteiger partial charge < -0.3 is 14.5 Å². The Morgan fingerprint density at radius 2 is 1.81 bits per heavy atom. The molecule has 0 atom stereocenters. The van der Waals surface area contributed by atoms with Crippen LogP contribution in [0.2, 0.25) is 10.0 Å². The van der Waals surface area contributed by atoms with E-state index in [2.05, 4.69) is 21.3 Å². The zero-order chi connectivity index (χ0) is 25.2. The number of nitrogens with one attached hydrogen (secondary N) is 3. The lowest BCUT2D eigenvalue weighted by Gasteiger charge is -2.12. The Bertz CT molecular complexity index is 1450. The van der Waals surface area contributed by atoms with Crippen molar-refractivity contribution in [1.82, 2.24) is 15.9 Å². The van der Waals surface area contributed by atoms with Crippen LogP contribution in [0.15, 0.2) is 47.1 Å². The number of amides is 2. The van der Waals surface area contributed by atoms with Crippen molar-refractivity contribution in [3.63, 3.8) is 0 Å². The zero-order valence-electron chi connectivity index (χ0n) is 19.2. The van der Waals surface area contributed by atoms with Gasteiger partial charge in [-0.05, 0) is 43.2 Å². The number of aromatic nitrogens is 1. The molecule has 186 valence electrons. The topological polar surface area (TPSA) is 115 Å². The van der Waals surface area contributed by atoms with Gasteiger partial charge in [0, 0.05) is 34.8 Å². The predicted octanol–water partition coefficient (Wildman–Crippen LogP) is 5.66. The summed E-state index contributed by atoms with van der Waals surface area (Å²) in [5, 5.41) is 4.16. The number of halogens is 2. The normalized spacial score (nSPS) is 13.9. The molecule has 0 radical (unpaired) electrons. The lowest BCUT2D eigenvalue weighted by molar-refractivity contribution is -0.0430. The summed E-state index contributed by atoms with van der Waals surface area (Å²) in [5.41, 5.74) is 6.97. The van der Waals surface area contributed by atoms with Crippen molar-refractivity contribution in [2.24, 2.45) is 0 Å². The molecule has 0 bridgehead atoms. The molecule has 0 saturated heterocycles. The van der Waals surface area contributed by atoms with Gasteiger partial charge in [0.25, 0.3) is 11.8 Å². The number of fused-ring (bicyclic) bond motifs is 3. The molecule has 2 heterocycles. The third-order valence-electron chi connectivity index (χ3n) is 6.13. The van der Waals surface area contributed by atoms with E-state index in [1.165, 1.54) is 19.5 Å². The van der Waals surface area contributed by atoms with E-state index < -0.39 is 11.8 Å². The molecule has 36 heavy (non-hydrogen) atoms. The molecule has 11 heteroatoms. The number of rotatable bonds is 7. The lowest BCUT2D eigenvalue weighted by Crippen LogP contribution is -2.36. The van der Waals surface area contributed by atoms with Crippen molar-refractivity contribution in [1.29, 1.82) is 0 Å². The van der Waals surface area contributed by atoms with Crippen LogP contribution in [-0.4, -0.2) is 29.9 Å². The third kappa shape index (κ3) is 4.70. The molecule has 0 unspecified atom stereocenters. The molecule has 5 rings (SSSR count). The van der Waals surface area contributed by atoms with Gasteiger partial charge >= 0.3 is 0 Å². The van der Waals surface area contributed by atoms with E-state index in [-0.39, 0.29) is 27.3 Å². The number of carbonyl (C=O) groups is 2. The molecular formula is C25H22Cl2N4O5. The van der Waals surface area contributed by atoms with Crippen molar-refractivity contribution >= 4 is 62.6 Å². The fourth-order valence-electron chi connectivity index (χ4n) is 4.32. The summed E-state index contributed by atoms with van der Waals surface area (Å²) < 4.78 is 11.4. The van der Waals surface area contributed by atoms with E-state index in [1.54, 1.807) is 30.3 Å². The summed E-state index contributed by atoms with van der Waals surface area (Å²) >= 11 is 12.4. The molecule has 4 aromatic rings. The number of hydrogen-bond acceptors (Lipinski definition) is 7. The highest BCUT2D eigenvalue weighted by Crippen LogP contribution is 2.38. The molecule has 1 saturated carbocycles. The Labute approximate surface area is 215 Å². The molecule has 1 aliphatic carbocycles. The number of hydroxylamine groups is 2. The van der Waals surface area contributed by atoms with Gasteiger partial charge in [-0.25, -0.2) is 5.48 Å². The van der Waals surface area contributed by atoms with Crippen molar-refractivity contribution in [3.8, 4) is 5.75 Å². The molecule has 1 aliphatic rings. The Morgan fingerprint density at radius 1 is 1.06 bits per heavy atom. The number of benzene rings is 2. The Hall–Kier alpha value is -3.37. The van der Waals surface area contributed by atoms with Crippen molar-refractivity contribution in [3.05, 3.63) is 63.9 Å². The molecule has 2 aromatic heterocycles. The summed E-state index contributed by atoms with van der Waals surface area (Å²) in [7, 11) is 1.51. The van der Waals surface area contributed by atoms with Crippen LogP contribution < -0.4 is 21.0 Å². The fraction of sp³-hybridized carbons (Fsp3) is 0.240. The van der Waals surface area contributed by atoms with Crippen LogP contribution in [0.1, 0.15) is 46.4 Å². The first-order valence-corrected chi connectivity index (χ1v) is 12.1. The summed E-state index contributed by atoms with van der Waals surface area (Å²) in [6.07, 6.45) is 7.05. The number of hydrogen-bond donors (Lipinski definition) is 3. The zero-order valence-corrected chi connectivity index (χ0v) is 20.7. The van der Waals surface area contributed by atoms with Crippen LogP contribution in [0.3, 0.4) is 0 Å². The monoisotopic (exact) mass is 528 g/mol. The molecule has 2 amide bonds. The van der Waals surface area contributed by atoms with Crippen LogP contribution in [0, 0.1) is 0 Å². The van der Waals surface area contributed by atoms with Gasteiger partial charge in [-0.3, -0.25) is 14.6 Å². The fourth-order valence-corrected chi connectivity index (χ4v) is 4.78. The van der Waals surface area contributed by atoms with Gasteiger partial charge in [0.2, 0.25) is 0 Å². The third-order valence-corrected chi connectivity index (χ3v) is 6.70. The maximum Gasteiger partial charge on any atom is 0.276 e. The van der Waals surface area contributed by atoms with Crippen LogP contribution in [0.4, 0.5) is 5.69 Å². The van der Waals surface area contributed by atoms with E-state index in [4.69, 9.17) is 37.3 Å². The maximum atomic E-state index is 13.3. The average Bonchev–Trinajstić information content (AvgIpc) is 3.53. The van der Waals surface area contributed by atoms with Crippen LogP contribution in [-0.2, 0) is 4.94 Å². The van der Waals surface area contributed by atoms with Gasteiger partial charge in [0.05, 0.1) is 28.4 Å². The number of pyridine rings is 1. The number of carbonyl (C=O) groups excluding carboxylic acids is 2. The van der Waals surface area contributed by atoms with E-state index in [0.717, 1.165) is 25.7 Å². The highest BCUT2D eigenvalue weighted by Gasteiger charge is 2.22. The van der Waals surface area contributed by atoms with Crippen LogP contribution in [0.5, 0.6) is 5.75 Å². The smallest absolute Gasteiger partial charge is 0.276 e.